The minimum absolute atomic E-state index is 0.0683. The van der Waals surface area contributed by atoms with Gasteiger partial charge in [0.25, 0.3) is 5.91 Å². The second kappa shape index (κ2) is 9.24. The maximum Gasteiger partial charge on any atom is 0.280 e. The first-order chi connectivity index (χ1) is 16.6. The molecule has 10 nitrogen and oxygen atoms in total. The number of anilines is 2. The summed E-state index contributed by atoms with van der Waals surface area (Å²) in [5, 5.41) is 11.2. The lowest BCUT2D eigenvalue weighted by Crippen LogP contribution is -2.46. The summed E-state index contributed by atoms with van der Waals surface area (Å²) in [7, 11) is 1.93. The predicted molar refractivity (Wildman–Crippen MR) is 131 cm³/mol. The van der Waals surface area contributed by atoms with Crippen LogP contribution in [0, 0.1) is 0 Å². The van der Waals surface area contributed by atoms with Gasteiger partial charge >= 0.3 is 0 Å². The Balaban J connectivity index is 1.43. The fourth-order valence-electron chi connectivity index (χ4n) is 4.09. The first kappa shape index (κ1) is 22.1. The minimum Gasteiger partial charge on any atom is -0.351 e. The van der Waals surface area contributed by atoms with Crippen molar-refractivity contribution in [3.05, 3.63) is 66.3 Å². The number of rotatable bonds is 8. The van der Waals surface area contributed by atoms with Gasteiger partial charge in [0.2, 0.25) is 5.82 Å². The smallest absolute Gasteiger partial charge is 0.280 e. The number of likely N-dealkylation sites (N-methyl/N-ethyl adjacent to an activating group) is 1. The van der Waals surface area contributed by atoms with Crippen molar-refractivity contribution in [1.29, 1.82) is 0 Å². The van der Waals surface area contributed by atoms with Crippen molar-refractivity contribution in [3.8, 4) is 0 Å². The lowest BCUT2D eigenvalue weighted by molar-refractivity contribution is -0.877. The lowest BCUT2D eigenvalue weighted by Gasteiger charge is -2.26. The Kier molecular flexibility index (Phi) is 5.99. The molecule has 2 unspecified atom stereocenters. The minimum atomic E-state index is -0.307. The number of quaternary nitrogens is 1. The van der Waals surface area contributed by atoms with Crippen LogP contribution in [0.2, 0.25) is 0 Å². The molecule has 2 aliphatic heterocycles. The van der Waals surface area contributed by atoms with Crippen LogP contribution in [0.3, 0.4) is 0 Å². The number of pyridine rings is 1. The molecule has 0 bridgehead atoms. The van der Waals surface area contributed by atoms with Gasteiger partial charge in [0.1, 0.15) is 24.6 Å². The van der Waals surface area contributed by atoms with Gasteiger partial charge in [-0.3, -0.25) is 15.1 Å². The first-order valence-electron chi connectivity index (χ1n) is 11.5. The molecule has 0 radical (unpaired) electrons. The van der Waals surface area contributed by atoms with E-state index < -0.39 is 0 Å². The van der Waals surface area contributed by atoms with Crippen LogP contribution in [-0.2, 0) is 0 Å². The highest BCUT2D eigenvalue weighted by Gasteiger charge is 2.38. The Bertz CT molecular complexity index is 1200. The number of hydrogen-bond donors (Lipinski definition) is 3. The standard InChI is InChI=1S/C24H27N9O/c1-33(11-9-25)22(12-21(32-33)19-4-2-3-10-28-19)31-24(34)23-20(29-17-13-26-15-27-14-17)8-7-18(30-23)16-5-6-16/h2-3,7-8,10,12-16,19H,4-6,9,11,25H2,1H3,(H-,29,31,32,34)/p+1. The molecule has 174 valence electrons. The predicted octanol–water partition coefficient (Wildman–Crippen LogP) is 2.24. The molecule has 34 heavy (non-hydrogen) atoms. The molecule has 0 saturated heterocycles. The highest BCUT2D eigenvalue weighted by atomic mass is 16.2. The van der Waals surface area contributed by atoms with Gasteiger partial charge in [0.15, 0.2) is 5.69 Å². The van der Waals surface area contributed by atoms with Gasteiger partial charge < -0.3 is 11.1 Å². The number of nitrogens with two attached hydrogens (primary N) is 1. The van der Waals surface area contributed by atoms with E-state index in [1.165, 1.54) is 6.33 Å². The maximum absolute atomic E-state index is 13.6. The Morgan fingerprint density at radius 1 is 1.24 bits per heavy atom. The van der Waals surface area contributed by atoms with Crippen molar-refractivity contribution in [2.24, 2.45) is 15.8 Å². The average Bonchev–Trinajstić information content (AvgIpc) is 3.65. The van der Waals surface area contributed by atoms with Crippen LogP contribution in [0.5, 0.6) is 0 Å². The largest absolute Gasteiger partial charge is 0.351 e. The second-order valence-electron chi connectivity index (χ2n) is 8.80. The van der Waals surface area contributed by atoms with Gasteiger partial charge in [0.05, 0.1) is 30.8 Å². The van der Waals surface area contributed by atoms with Crippen molar-refractivity contribution < 1.29 is 9.39 Å². The van der Waals surface area contributed by atoms with E-state index in [2.05, 4.69) is 31.7 Å². The third-order valence-electron chi connectivity index (χ3n) is 6.10. The topological polar surface area (TPSA) is 131 Å². The molecule has 4 heterocycles. The summed E-state index contributed by atoms with van der Waals surface area (Å²) in [5.41, 5.74) is 9.23. The monoisotopic (exact) mass is 458 g/mol. The zero-order chi connectivity index (χ0) is 23.5. The van der Waals surface area contributed by atoms with Crippen molar-refractivity contribution in [1.82, 2.24) is 20.3 Å². The van der Waals surface area contributed by atoms with Crippen molar-refractivity contribution in [3.63, 3.8) is 0 Å². The number of nitrogens with zero attached hydrogens (tertiary/aromatic N) is 6. The average molecular weight is 459 g/mol. The molecule has 3 aliphatic rings. The third-order valence-corrected chi connectivity index (χ3v) is 6.10. The fourth-order valence-corrected chi connectivity index (χ4v) is 4.09. The zero-order valence-corrected chi connectivity index (χ0v) is 19.1. The maximum atomic E-state index is 13.6. The number of amides is 1. The SMILES string of the molecule is C[N+]1(CCN)N=C(C2CC=CC=N2)C=C1NC(=O)c1nc(C2CC2)ccc1Nc1cncnc1. The molecule has 2 aromatic heterocycles. The zero-order valence-electron chi connectivity index (χ0n) is 19.1. The van der Waals surface area contributed by atoms with E-state index in [0.717, 1.165) is 30.7 Å². The van der Waals surface area contributed by atoms with Crippen molar-refractivity contribution in [2.75, 3.05) is 25.5 Å². The van der Waals surface area contributed by atoms with Crippen LogP contribution >= 0.6 is 0 Å². The lowest BCUT2D eigenvalue weighted by atomic mass is 10.1. The molecule has 5 rings (SSSR count). The summed E-state index contributed by atoms with van der Waals surface area (Å²) in [6.07, 6.45) is 15.4. The van der Waals surface area contributed by atoms with Gasteiger partial charge in [0, 0.05) is 30.4 Å². The van der Waals surface area contributed by atoms with E-state index in [1.54, 1.807) is 18.6 Å². The highest BCUT2D eigenvalue weighted by Crippen LogP contribution is 2.39. The van der Waals surface area contributed by atoms with Crippen LogP contribution in [0.1, 0.15) is 41.4 Å². The van der Waals surface area contributed by atoms with E-state index in [-0.39, 0.29) is 16.5 Å². The molecular weight excluding hydrogens is 430 g/mol. The Morgan fingerprint density at radius 2 is 2.06 bits per heavy atom. The number of hydrogen-bond acceptors (Lipinski definition) is 8. The molecule has 0 spiro atoms. The number of allylic oxidation sites excluding steroid dienone is 1. The molecule has 2 aromatic rings. The summed E-state index contributed by atoms with van der Waals surface area (Å²) >= 11 is 0. The van der Waals surface area contributed by atoms with E-state index in [9.17, 15) is 4.79 Å². The third kappa shape index (κ3) is 4.63. The quantitative estimate of drug-likeness (QED) is 0.520. The number of carbonyl (C=O) groups excluding carboxylic acids is 1. The van der Waals surface area contributed by atoms with Crippen LogP contribution in [0.15, 0.2) is 65.0 Å². The molecule has 2 atom stereocenters. The Labute approximate surface area is 198 Å². The fraction of sp³-hybridized carbons (Fsp3) is 0.333. The summed E-state index contributed by atoms with van der Waals surface area (Å²) in [6.45, 7) is 0.967. The number of aliphatic imine (C=N–C) groups is 1. The van der Waals surface area contributed by atoms with Gasteiger partial charge in [-0.05, 0) is 37.5 Å². The summed E-state index contributed by atoms with van der Waals surface area (Å²) in [5.74, 6) is 0.762. The van der Waals surface area contributed by atoms with Crippen LogP contribution in [0.4, 0.5) is 11.4 Å². The van der Waals surface area contributed by atoms with Crippen LogP contribution < -0.4 is 16.4 Å². The van der Waals surface area contributed by atoms with E-state index in [4.69, 9.17) is 15.8 Å². The number of nitrogens with one attached hydrogen (secondary N) is 2. The van der Waals surface area contributed by atoms with Gasteiger partial charge in [-0.15, -0.1) is 0 Å². The number of carbonyl (C=O) groups is 1. The van der Waals surface area contributed by atoms with E-state index in [0.29, 0.717) is 41.9 Å². The Hall–Kier alpha value is -3.76. The molecular formula is C24H28N9O+. The molecule has 1 saturated carbocycles. The number of aromatic nitrogens is 3. The van der Waals surface area contributed by atoms with Crippen LogP contribution in [0.25, 0.3) is 0 Å². The van der Waals surface area contributed by atoms with Crippen molar-refractivity contribution >= 4 is 29.2 Å². The van der Waals surface area contributed by atoms with Crippen LogP contribution in [-0.4, -0.2) is 63.6 Å². The molecule has 10 heteroatoms. The number of dihydropyridines is 1. The molecule has 0 aromatic carbocycles. The summed E-state index contributed by atoms with van der Waals surface area (Å²) in [4.78, 5) is 30.9. The van der Waals surface area contributed by atoms with Crippen molar-refractivity contribution in [2.45, 2.75) is 31.2 Å². The van der Waals surface area contributed by atoms with Gasteiger partial charge in [-0.2, -0.15) is 4.59 Å². The normalized spacial score (nSPS) is 23.4. The molecule has 1 amide bonds. The molecule has 1 fully saturated rings. The van der Waals surface area contributed by atoms with E-state index in [1.807, 2.05) is 31.3 Å². The molecule has 1 aliphatic carbocycles. The summed E-state index contributed by atoms with van der Waals surface area (Å²) in [6, 6.07) is 3.80. The van der Waals surface area contributed by atoms with E-state index >= 15 is 0 Å². The Morgan fingerprint density at radius 3 is 2.76 bits per heavy atom. The second-order valence-corrected chi connectivity index (χ2v) is 8.80. The van der Waals surface area contributed by atoms with Gasteiger partial charge in [-0.25, -0.2) is 15.0 Å². The summed E-state index contributed by atoms with van der Waals surface area (Å²) < 4.78 is 0.158. The van der Waals surface area contributed by atoms with Gasteiger partial charge in [-0.1, -0.05) is 11.2 Å². The molecule has 4 N–H and O–H groups in total. The first-order valence-corrected chi connectivity index (χ1v) is 11.5. The highest BCUT2D eigenvalue weighted by molar-refractivity contribution is 6.03.